The zero-order valence-corrected chi connectivity index (χ0v) is 12.0. The summed E-state index contributed by atoms with van der Waals surface area (Å²) in [5.74, 6) is 0.284. The first-order chi connectivity index (χ1) is 9.31. The van der Waals surface area contributed by atoms with Crippen LogP contribution < -0.4 is 5.73 Å². The van der Waals surface area contributed by atoms with E-state index >= 15 is 0 Å². The molecule has 1 saturated heterocycles. The number of ether oxygens (including phenoxy) is 1. The molecule has 0 aromatic rings. The molecule has 2 N–H and O–H groups in total. The summed E-state index contributed by atoms with van der Waals surface area (Å²) >= 11 is 0. The third-order valence-electron chi connectivity index (χ3n) is 4.41. The summed E-state index contributed by atoms with van der Waals surface area (Å²) < 4.78 is 5.70. The predicted molar refractivity (Wildman–Crippen MR) is 75.8 cm³/mol. The standard InChI is InChI=1S/C15H28N2O2/c16-10-11-17(13-5-1-2-6-13)15(18)9-8-14-7-3-4-12-19-14/h13-14H,1-12,16H2. The van der Waals surface area contributed by atoms with Gasteiger partial charge in [-0.05, 0) is 38.5 Å². The SMILES string of the molecule is NCCN(C(=O)CCC1CCCCO1)C1CCCC1. The Morgan fingerprint density at radius 1 is 1.16 bits per heavy atom. The summed E-state index contributed by atoms with van der Waals surface area (Å²) in [6.45, 7) is 2.16. The van der Waals surface area contributed by atoms with Crippen molar-refractivity contribution in [2.75, 3.05) is 19.7 Å². The van der Waals surface area contributed by atoms with Crippen LogP contribution in [0.25, 0.3) is 0 Å². The lowest BCUT2D eigenvalue weighted by Gasteiger charge is -2.30. The molecule has 110 valence electrons. The maximum Gasteiger partial charge on any atom is 0.222 e. The van der Waals surface area contributed by atoms with E-state index in [1.807, 2.05) is 4.90 Å². The van der Waals surface area contributed by atoms with Crippen LogP contribution >= 0.6 is 0 Å². The summed E-state index contributed by atoms with van der Waals surface area (Å²) in [7, 11) is 0. The first-order valence-corrected chi connectivity index (χ1v) is 7.92. The highest BCUT2D eigenvalue weighted by Gasteiger charge is 2.26. The molecule has 2 fully saturated rings. The van der Waals surface area contributed by atoms with Gasteiger partial charge in [-0.25, -0.2) is 0 Å². The number of rotatable bonds is 6. The second-order valence-corrected chi connectivity index (χ2v) is 5.84. The summed E-state index contributed by atoms with van der Waals surface area (Å²) in [5.41, 5.74) is 5.66. The van der Waals surface area contributed by atoms with E-state index in [9.17, 15) is 4.79 Å². The second kappa shape index (κ2) is 7.85. The molecule has 19 heavy (non-hydrogen) atoms. The molecule has 1 atom stereocenters. The minimum absolute atomic E-state index is 0.284. The van der Waals surface area contributed by atoms with Gasteiger partial charge in [-0.2, -0.15) is 0 Å². The predicted octanol–water partition coefficient (Wildman–Crippen LogP) is 2.07. The van der Waals surface area contributed by atoms with Crippen LogP contribution in [0.15, 0.2) is 0 Å². The smallest absolute Gasteiger partial charge is 0.222 e. The third kappa shape index (κ3) is 4.46. The Morgan fingerprint density at radius 3 is 2.53 bits per heavy atom. The van der Waals surface area contributed by atoms with Crippen LogP contribution in [0.1, 0.15) is 57.8 Å². The quantitative estimate of drug-likeness (QED) is 0.802. The number of nitrogens with two attached hydrogens (primary N) is 1. The van der Waals surface area contributed by atoms with Gasteiger partial charge in [0.05, 0.1) is 6.10 Å². The van der Waals surface area contributed by atoms with E-state index in [4.69, 9.17) is 10.5 Å². The Balaban J connectivity index is 1.77. The number of hydrogen-bond acceptors (Lipinski definition) is 3. The third-order valence-corrected chi connectivity index (χ3v) is 4.41. The maximum atomic E-state index is 12.4. The van der Waals surface area contributed by atoms with Gasteiger partial charge in [0.15, 0.2) is 0 Å². The lowest BCUT2D eigenvalue weighted by atomic mass is 10.0. The highest BCUT2D eigenvalue weighted by atomic mass is 16.5. The number of carbonyl (C=O) groups excluding carboxylic acids is 1. The average molecular weight is 268 g/mol. The molecular formula is C15H28N2O2. The van der Waals surface area contributed by atoms with Gasteiger partial charge in [0, 0.05) is 32.2 Å². The number of hydrogen-bond donors (Lipinski definition) is 1. The van der Waals surface area contributed by atoms with E-state index < -0.39 is 0 Å². The maximum absolute atomic E-state index is 12.4. The van der Waals surface area contributed by atoms with Crippen LogP contribution in [-0.4, -0.2) is 42.6 Å². The molecular weight excluding hydrogens is 240 g/mol. The van der Waals surface area contributed by atoms with Crippen LogP contribution in [0, 0.1) is 0 Å². The van der Waals surface area contributed by atoms with E-state index in [0.29, 0.717) is 25.1 Å². The fraction of sp³-hybridized carbons (Fsp3) is 0.933. The summed E-state index contributed by atoms with van der Waals surface area (Å²) in [4.78, 5) is 14.4. The Kier molecular flexibility index (Phi) is 6.11. The van der Waals surface area contributed by atoms with Crippen molar-refractivity contribution in [3.63, 3.8) is 0 Å². The van der Waals surface area contributed by atoms with Gasteiger partial charge in [-0.15, -0.1) is 0 Å². The van der Waals surface area contributed by atoms with E-state index in [0.717, 1.165) is 38.8 Å². The van der Waals surface area contributed by atoms with Crippen molar-refractivity contribution in [3.05, 3.63) is 0 Å². The van der Waals surface area contributed by atoms with Gasteiger partial charge >= 0.3 is 0 Å². The monoisotopic (exact) mass is 268 g/mol. The molecule has 1 unspecified atom stereocenters. The Labute approximate surface area is 116 Å². The van der Waals surface area contributed by atoms with Crippen molar-refractivity contribution >= 4 is 5.91 Å². The van der Waals surface area contributed by atoms with Crippen molar-refractivity contribution < 1.29 is 9.53 Å². The number of nitrogens with zero attached hydrogens (tertiary/aromatic N) is 1. The average Bonchev–Trinajstić information content (AvgIpc) is 2.97. The topological polar surface area (TPSA) is 55.6 Å². The minimum atomic E-state index is 0.284. The molecule has 1 saturated carbocycles. The molecule has 2 rings (SSSR count). The minimum Gasteiger partial charge on any atom is -0.378 e. The Bertz CT molecular complexity index is 271. The fourth-order valence-corrected chi connectivity index (χ4v) is 3.33. The second-order valence-electron chi connectivity index (χ2n) is 5.84. The molecule has 4 nitrogen and oxygen atoms in total. The first kappa shape index (κ1) is 14.8. The van der Waals surface area contributed by atoms with Gasteiger partial charge in [0.1, 0.15) is 0 Å². The molecule has 1 aliphatic carbocycles. The largest absolute Gasteiger partial charge is 0.378 e. The van der Waals surface area contributed by atoms with Gasteiger partial charge < -0.3 is 15.4 Å². The summed E-state index contributed by atoms with van der Waals surface area (Å²) in [6.07, 6.45) is 10.2. The van der Waals surface area contributed by atoms with Crippen LogP contribution in [0.5, 0.6) is 0 Å². The van der Waals surface area contributed by atoms with Crippen molar-refractivity contribution in [1.82, 2.24) is 4.90 Å². The number of carbonyl (C=O) groups is 1. The molecule has 0 spiro atoms. The van der Waals surface area contributed by atoms with Crippen LogP contribution in [0.4, 0.5) is 0 Å². The molecule has 0 bridgehead atoms. The molecule has 0 radical (unpaired) electrons. The van der Waals surface area contributed by atoms with E-state index in [1.54, 1.807) is 0 Å². The molecule has 4 heteroatoms. The van der Waals surface area contributed by atoms with Crippen molar-refractivity contribution in [2.45, 2.75) is 69.9 Å². The molecule has 0 aromatic heterocycles. The van der Waals surface area contributed by atoms with Crippen LogP contribution in [-0.2, 0) is 9.53 Å². The van der Waals surface area contributed by atoms with E-state index in [2.05, 4.69) is 0 Å². The van der Waals surface area contributed by atoms with Crippen molar-refractivity contribution in [1.29, 1.82) is 0 Å². The van der Waals surface area contributed by atoms with Gasteiger partial charge in [-0.1, -0.05) is 12.8 Å². The highest BCUT2D eigenvalue weighted by Crippen LogP contribution is 2.25. The highest BCUT2D eigenvalue weighted by molar-refractivity contribution is 5.76. The molecule has 1 amide bonds. The van der Waals surface area contributed by atoms with E-state index in [1.165, 1.54) is 25.7 Å². The molecule has 1 heterocycles. The normalized spacial score (nSPS) is 24.6. The molecule has 0 aromatic carbocycles. The zero-order valence-electron chi connectivity index (χ0n) is 12.0. The van der Waals surface area contributed by atoms with Crippen LogP contribution in [0.3, 0.4) is 0 Å². The summed E-state index contributed by atoms with van der Waals surface area (Å²) in [5, 5.41) is 0. The fourth-order valence-electron chi connectivity index (χ4n) is 3.33. The van der Waals surface area contributed by atoms with Gasteiger partial charge in [-0.3, -0.25) is 4.79 Å². The Hall–Kier alpha value is -0.610. The Morgan fingerprint density at radius 2 is 1.89 bits per heavy atom. The van der Waals surface area contributed by atoms with Gasteiger partial charge in [0.25, 0.3) is 0 Å². The van der Waals surface area contributed by atoms with Crippen molar-refractivity contribution in [2.24, 2.45) is 5.73 Å². The number of amides is 1. The zero-order chi connectivity index (χ0) is 13.5. The summed E-state index contributed by atoms with van der Waals surface area (Å²) in [6, 6.07) is 0.448. The molecule has 2 aliphatic rings. The lowest BCUT2D eigenvalue weighted by molar-refractivity contribution is -0.134. The van der Waals surface area contributed by atoms with E-state index in [-0.39, 0.29) is 5.91 Å². The lowest BCUT2D eigenvalue weighted by Crippen LogP contribution is -2.42. The van der Waals surface area contributed by atoms with Crippen LogP contribution in [0.2, 0.25) is 0 Å². The van der Waals surface area contributed by atoms with Crippen molar-refractivity contribution in [3.8, 4) is 0 Å². The van der Waals surface area contributed by atoms with Gasteiger partial charge in [0.2, 0.25) is 5.91 Å². The molecule has 1 aliphatic heterocycles. The first-order valence-electron chi connectivity index (χ1n) is 7.92.